The zero-order valence-electron chi connectivity index (χ0n) is 23.4. The van der Waals surface area contributed by atoms with E-state index in [0.717, 1.165) is 16.5 Å². The number of phenolic OH excluding ortho intramolecular Hbond substituents is 1. The largest absolute Gasteiger partial charge is 0.508 e. The van der Waals surface area contributed by atoms with Crippen LogP contribution in [0.15, 0.2) is 93.8 Å². The average Bonchev–Trinajstić information content (AvgIpc) is 3.51. The molecule has 4 aromatic carbocycles. The summed E-state index contributed by atoms with van der Waals surface area (Å²) < 4.78 is 48.2. The number of benzene rings is 4. The summed E-state index contributed by atoms with van der Waals surface area (Å²) in [4.78, 5) is 12.3. The van der Waals surface area contributed by atoms with Crippen LogP contribution in [0.5, 0.6) is 11.5 Å². The Kier molecular flexibility index (Phi) is 7.97. The van der Waals surface area contributed by atoms with E-state index in [0.29, 0.717) is 44.9 Å². The molecule has 0 aliphatic heterocycles. The number of aromatic hydroxyl groups is 1. The van der Waals surface area contributed by atoms with Crippen LogP contribution in [-0.4, -0.2) is 24.3 Å². The fraction of sp³-hybridized carbons (Fsp3) is 0.147. The molecule has 0 amide bonds. The quantitative estimate of drug-likeness (QED) is 0.208. The van der Waals surface area contributed by atoms with Gasteiger partial charge < -0.3 is 23.4 Å². The monoisotopic (exact) mass is 570 g/mol. The lowest BCUT2D eigenvalue weighted by atomic mass is 10.1. The van der Waals surface area contributed by atoms with Gasteiger partial charge in [-0.05, 0) is 106 Å². The van der Waals surface area contributed by atoms with Gasteiger partial charge in [-0.3, -0.25) is 0 Å². The second-order valence-electron chi connectivity index (χ2n) is 9.87. The third-order valence-electron chi connectivity index (χ3n) is 6.55. The standard InChI is InChI=1S/C19H17FO4.C15H11FO2/c1-11(2)23-14-8-9-16-15(10-14)17(19(21)22-3)18(24-16)12-4-6-13(20)7-5-12;1-9-13-8-12(17)6-7-14(13)18-15(9)10-2-4-11(16)5-3-10/h4-11H,1-3H3;2-8,17H,1H3. The first-order valence-corrected chi connectivity index (χ1v) is 13.2. The molecular weight excluding hydrogens is 542 g/mol. The van der Waals surface area contributed by atoms with Gasteiger partial charge in [0, 0.05) is 27.5 Å². The van der Waals surface area contributed by atoms with Gasteiger partial charge in [-0.15, -0.1) is 0 Å². The van der Waals surface area contributed by atoms with Crippen LogP contribution in [0.3, 0.4) is 0 Å². The van der Waals surface area contributed by atoms with Gasteiger partial charge in [-0.2, -0.15) is 0 Å². The van der Waals surface area contributed by atoms with Crippen molar-refractivity contribution in [1.82, 2.24) is 0 Å². The molecule has 0 aliphatic rings. The molecule has 0 saturated heterocycles. The number of rotatable bonds is 5. The maximum Gasteiger partial charge on any atom is 0.342 e. The van der Waals surface area contributed by atoms with Gasteiger partial charge in [0.15, 0.2) is 0 Å². The highest BCUT2D eigenvalue weighted by molar-refractivity contribution is 6.09. The van der Waals surface area contributed by atoms with Crippen molar-refractivity contribution >= 4 is 27.9 Å². The van der Waals surface area contributed by atoms with Crippen LogP contribution in [-0.2, 0) is 4.74 Å². The number of esters is 1. The first-order chi connectivity index (χ1) is 20.1. The summed E-state index contributed by atoms with van der Waals surface area (Å²) >= 11 is 0. The Morgan fingerprint density at radius 1 is 0.762 bits per heavy atom. The summed E-state index contributed by atoms with van der Waals surface area (Å²) in [6.07, 6.45) is 0.00694. The van der Waals surface area contributed by atoms with Crippen LogP contribution in [0.25, 0.3) is 44.6 Å². The van der Waals surface area contributed by atoms with Crippen LogP contribution in [0.1, 0.15) is 29.8 Å². The third-order valence-corrected chi connectivity index (χ3v) is 6.55. The van der Waals surface area contributed by atoms with Crippen LogP contribution >= 0.6 is 0 Å². The second-order valence-corrected chi connectivity index (χ2v) is 9.87. The molecule has 2 aromatic heterocycles. The lowest BCUT2D eigenvalue weighted by molar-refractivity contribution is 0.0603. The number of aryl methyl sites for hydroxylation is 1. The molecule has 0 radical (unpaired) electrons. The summed E-state index contributed by atoms with van der Waals surface area (Å²) in [5, 5.41) is 10.9. The molecule has 2 heterocycles. The van der Waals surface area contributed by atoms with Crippen LogP contribution in [0.2, 0.25) is 0 Å². The van der Waals surface area contributed by atoms with Crippen LogP contribution < -0.4 is 4.74 Å². The molecule has 0 aliphatic carbocycles. The second kappa shape index (κ2) is 11.8. The van der Waals surface area contributed by atoms with Crippen molar-refractivity contribution in [3.8, 4) is 34.1 Å². The predicted octanol–water partition coefficient (Wildman–Crippen LogP) is 9.07. The minimum atomic E-state index is -0.519. The SMILES string of the molecule is COC(=O)c1c(-c2ccc(F)cc2)oc2ccc(OC(C)C)cc12.Cc1c(-c2ccc(F)cc2)oc2ccc(O)cc12. The van der Waals surface area contributed by atoms with Gasteiger partial charge in [-0.1, -0.05) is 0 Å². The van der Waals surface area contributed by atoms with E-state index < -0.39 is 5.97 Å². The lowest BCUT2D eigenvalue weighted by Crippen LogP contribution is -2.05. The van der Waals surface area contributed by atoms with Crippen LogP contribution in [0, 0.1) is 18.6 Å². The van der Waals surface area contributed by atoms with E-state index in [4.69, 9.17) is 18.3 Å². The molecule has 0 saturated carbocycles. The topological polar surface area (TPSA) is 82.0 Å². The van der Waals surface area contributed by atoms with Gasteiger partial charge in [0.25, 0.3) is 0 Å². The molecule has 214 valence electrons. The molecule has 1 N–H and O–H groups in total. The Balaban J connectivity index is 0.000000175. The summed E-state index contributed by atoms with van der Waals surface area (Å²) in [5.74, 6) is 0.738. The minimum absolute atomic E-state index is 0.00694. The molecule has 0 unspecified atom stereocenters. The van der Waals surface area contributed by atoms with Crippen molar-refractivity contribution in [1.29, 1.82) is 0 Å². The predicted molar refractivity (Wildman–Crippen MR) is 157 cm³/mol. The summed E-state index contributed by atoms with van der Waals surface area (Å²) in [6.45, 7) is 5.76. The van der Waals surface area contributed by atoms with E-state index >= 15 is 0 Å². The molecule has 6 rings (SSSR count). The number of methoxy groups -OCH3 is 1. The lowest BCUT2D eigenvalue weighted by Gasteiger charge is -2.09. The Bertz CT molecular complexity index is 1870. The minimum Gasteiger partial charge on any atom is -0.508 e. The number of ether oxygens (including phenoxy) is 2. The summed E-state index contributed by atoms with van der Waals surface area (Å²) in [6, 6.07) is 22.2. The number of hydrogen-bond acceptors (Lipinski definition) is 6. The van der Waals surface area contributed by atoms with E-state index in [1.807, 2.05) is 20.8 Å². The number of halogens is 2. The number of phenols is 1. The molecule has 8 heteroatoms. The zero-order chi connectivity index (χ0) is 30.0. The Hall–Kier alpha value is -5.11. The Morgan fingerprint density at radius 2 is 1.31 bits per heavy atom. The number of hydrogen-bond donors (Lipinski definition) is 1. The van der Waals surface area contributed by atoms with Crippen molar-refractivity contribution in [2.24, 2.45) is 0 Å². The highest BCUT2D eigenvalue weighted by Gasteiger charge is 2.23. The van der Waals surface area contributed by atoms with Gasteiger partial charge >= 0.3 is 5.97 Å². The third kappa shape index (κ3) is 5.83. The van der Waals surface area contributed by atoms with Crippen molar-refractivity contribution < 1.29 is 37.0 Å². The molecule has 6 aromatic rings. The van der Waals surface area contributed by atoms with Gasteiger partial charge in [0.2, 0.25) is 0 Å². The average molecular weight is 571 g/mol. The smallest absolute Gasteiger partial charge is 0.342 e. The number of carbonyl (C=O) groups is 1. The summed E-state index contributed by atoms with van der Waals surface area (Å²) in [7, 11) is 1.31. The highest BCUT2D eigenvalue weighted by atomic mass is 19.1. The Morgan fingerprint density at radius 3 is 1.90 bits per heavy atom. The van der Waals surface area contributed by atoms with E-state index in [2.05, 4.69) is 0 Å². The van der Waals surface area contributed by atoms with Crippen molar-refractivity contribution in [3.05, 3.63) is 108 Å². The van der Waals surface area contributed by atoms with E-state index in [1.165, 1.54) is 31.4 Å². The molecule has 6 nitrogen and oxygen atoms in total. The molecule has 42 heavy (non-hydrogen) atoms. The van der Waals surface area contributed by atoms with Gasteiger partial charge in [-0.25, -0.2) is 13.6 Å². The van der Waals surface area contributed by atoms with E-state index in [1.54, 1.807) is 60.7 Å². The molecule has 0 fully saturated rings. The zero-order valence-corrected chi connectivity index (χ0v) is 23.4. The van der Waals surface area contributed by atoms with Crippen LogP contribution in [0.4, 0.5) is 8.78 Å². The highest BCUT2D eigenvalue weighted by Crippen LogP contribution is 2.37. The number of furan rings is 2. The van der Waals surface area contributed by atoms with Crippen molar-refractivity contribution in [2.45, 2.75) is 26.9 Å². The molecule has 0 bridgehead atoms. The van der Waals surface area contributed by atoms with Crippen molar-refractivity contribution in [2.75, 3.05) is 7.11 Å². The fourth-order valence-corrected chi connectivity index (χ4v) is 4.62. The molecule has 0 atom stereocenters. The fourth-order valence-electron chi connectivity index (χ4n) is 4.62. The normalized spacial score (nSPS) is 11.0. The first-order valence-electron chi connectivity index (χ1n) is 13.2. The van der Waals surface area contributed by atoms with Crippen molar-refractivity contribution in [3.63, 3.8) is 0 Å². The Labute approximate surface area is 240 Å². The van der Waals surface area contributed by atoms with Gasteiger partial charge in [0.1, 0.15) is 51.4 Å². The van der Waals surface area contributed by atoms with E-state index in [9.17, 15) is 18.7 Å². The number of fused-ring (bicyclic) bond motifs is 2. The summed E-state index contributed by atoms with van der Waals surface area (Å²) in [5.41, 5.74) is 3.90. The molecule has 0 spiro atoms. The van der Waals surface area contributed by atoms with Gasteiger partial charge in [0.05, 0.1) is 13.2 Å². The number of carbonyl (C=O) groups excluding carboxylic acids is 1. The van der Waals surface area contributed by atoms with E-state index in [-0.39, 0.29) is 23.5 Å². The first kappa shape index (κ1) is 28.4. The molecular formula is C34H28F2O6. The maximum absolute atomic E-state index is 13.2. The maximum atomic E-state index is 13.2.